The van der Waals surface area contributed by atoms with Gasteiger partial charge in [0.25, 0.3) is 0 Å². The smallest absolute Gasteiger partial charge is 0.0766 e. The Kier molecular flexibility index (Phi) is 1.88. The predicted molar refractivity (Wildman–Crippen MR) is 41.8 cm³/mol. The van der Waals surface area contributed by atoms with Gasteiger partial charge in [-0.05, 0) is 22.9 Å². The molecule has 1 heterocycles. The summed E-state index contributed by atoms with van der Waals surface area (Å²) >= 11 is 5.23. The number of hydrogen-bond donors (Lipinski definition) is 0. The molecule has 0 N–H and O–H groups in total. The molecule has 1 rings (SSSR count). The molecule has 1 aliphatic rings. The Hall–Kier alpha value is 0.370. The van der Waals surface area contributed by atoms with Crippen molar-refractivity contribution >= 4 is 27.7 Å². The van der Waals surface area contributed by atoms with E-state index in [1.807, 2.05) is 11.8 Å². The van der Waals surface area contributed by atoms with Crippen molar-refractivity contribution in [1.29, 1.82) is 0 Å². The van der Waals surface area contributed by atoms with E-state index >= 15 is 0 Å². The van der Waals surface area contributed by atoms with Crippen molar-refractivity contribution in [3.05, 3.63) is 10.0 Å². The maximum Gasteiger partial charge on any atom is 0.0766 e. The first kappa shape index (κ1) is 6.49. The molecule has 0 bridgehead atoms. The van der Waals surface area contributed by atoms with Gasteiger partial charge in [-0.25, -0.2) is 0 Å². The Bertz CT molecular complexity index is 124. The lowest BCUT2D eigenvalue weighted by Crippen LogP contribution is -2.14. The molecule has 1 nitrogen and oxygen atoms in total. The van der Waals surface area contributed by atoms with Gasteiger partial charge in [0.2, 0.25) is 0 Å². The molecule has 1 unspecified atom stereocenters. The van der Waals surface area contributed by atoms with Crippen LogP contribution in [0.5, 0.6) is 0 Å². The van der Waals surface area contributed by atoms with E-state index in [4.69, 9.17) is 0 Å². The molecule has 0 spiro atoms. The van der Waals surface area contributed by atoms with Crippen LogP contribution in [0.2, 0.25) is 0 Å². The van der Waals surface area contributed by atoms with Crippen molar-refractivity contribution in [2.24, 2.45) is 0 Å². The highest BCUT2D eigenvalue weighted by molar-refractivity contribution is 9.14. The van der Waals surface area contributed by atoms with E-state index in [2.05, 4.69) is 41.0 Å². The summed E-state index contributed by atoms with van der Waals surface area (Å²) in [7, 11) is 2.08. The minimum atomic E-state index is 0.601. The van der Waals surface area contributed by atoms with Crippen molar-refractivity contribution in [2.75, 3.05) is 7.05 Å². The Labute approximate surface area is 62.3 Å². The molecule has 8 heavy (non-hydrogen) atoms. The fourth-order valence-electron chi connectivity index (χ4n) is 0.542. The maximum absolute atomic E-state index is 3.40. The van der Waals surface area contributed by atoms with Gasteiger partial charge in [-0.2, -0.15) is 0 Å². The third-order valence-electron chi connectivity index (χ3n) is 1.16. The summed E-state index contributed by atoms with van der Waals surface area (Å²) in [5.41, 5.74) is 0. The Morgan fingerprint density at radius 3 is 2.62 bits per heavy atom. The molecule has 46 valence electrons. The second kappa shape index (κ2) is 2.31. The van der Waals surface area contributed by atoms with Gasteiger partial charge < -0.3 is 4.90 Å². The molecule has 0 aromatic heterocycles. The molecule has 3 heteroatoms. The van der Waals surface area contributed by atoms with Gasteiger partial charge in [0.05, 0.1) is 9.19 Å². The largest absolute Gasteiger partial charge is 0.367 e. The van der Waals surface area contributed by atoms with Gasteiger partial charge in [-0.1, -0.05) is 11.8 Å². The summed E-state index contributed by atoms with van der Waals surface area (Å²) in [6.45, 7) is 2.18. The number of nitrogens with zero attached hydrogens (tertiary/aromatic N) is 1. The van der Waals surface area contributed by atoms with Crippen LogP contribution in [0.15, 0.2) is 10.0 Å². The van der Waals surface area contributed by atoms with Crippen molar-refractivity contribution in [2.45, 2.75) is 12.3 Å². The molecule has 0 saturated heterocycles. The first-order valence-electron chi connectivity index (χ1n) is 2.46. The van der Waals surface area contributed by atoms with Gasteiger partial charge in [-0.3, -0.25) is 0 Å². The van der Waals surface area contributed by atoms with Crippen LogP contribution >= 0.6 is 27.7 Å². The maximum atomic E-state index is 3.40. The van der Waals surface area contributed by atoms with Gasteiger partial charge >= 0.3 is 0 Å². The molecule has 0 saturated carbocycles. The quantitative estimate of drug-likeness (QED) is 0.581. The van der Waals surface area contributed by atoms with E-state index in [1.54, 1.807) is 0 Å². The minimum absolute atomic E-state index is 0.601. The lowest BCUT2D eigenvalue weighted by atomic mass is 10.6. The normalized spacial score (nSPS) is 28.6. The second-order valence-electron chi connectivity index (χ2n) is 1.82. The fraction of sp³-hybridized carbons (Fsp3) is 0.600. The second-order valence-corrected chi connectivity index (χ2v) is 4.55. The van der Waals surface area contributed by atoms with E-state index in [9.17, 15) is 0 Å². The van der Waals surface area contributed by atoms with E-state index in [0.717, 1.165) is 0 Å². The summed E-state index contributed by atoms with van der Waals surface area (Å²) in [6, 6.07) is 0. The van der Waals surface area contributed by atoms with Crippen molar-refractivity contribution in [3.8, 4) is 0 Å². The van der Waals surface area contributed by atoms with Gasteiger partial charge in [0.1, 0.15) is 0 Å². The summed E-state index contributed by atoms with van der Waals surface area (Å²) in [5, 5.41) is 0.601. The summed E-state index contributed by atoms with van der Waals surface area (Å²) in [6.07, 6.45) is 2.09. The zero-order valence-electron chi connectivity index (χ0n) is 4.89. The van der Waals surface area contributed by atoms with Crippen LogP contribution in [0.3, 0.4) is 0 Å². The molecule has 0 aliphatic carbocycles. The summed E-state index contributed by atoms with van der Waals surface area (Å²) in [5.74, 6) is 0. The average molecular weight is 194 g/mol. The highest BCUT2D eigenvalue weighted by atomic mass is 79.9. The molecule has 0 aromatic carbocycles. The van der Waals surface area contributed by atoms with Crippen LogP contribution in [0.25, 0.3) is 0 Å². The Morgan fingerprint density at radius 2 is 2.50 bits per heavy atom. The zero-order chi connectivity index (χ0) is 6.15. The highest BCUT2D eigenvalue weighted by Gasteiger charge is 2.14. The fourth-order valence-corrected chi connectivity index (χ4v) is 2.46. The van der Waals surface area contributed by atoms with Crippen LogP contribution in [-0.2, 0) is 0 Å². The Balaban J connectivity index is 2.56. The molecular weight excluding hydrogens is 186 g/mol. The first-order valence-corrected chi connectivity index (χ1v) is 4.13. The lowest BCUT2D eigenvalue weighted by Gasteiger charge is -2.12. The monoisotopic (exact) mass is 193 g/mol. The molecule has 0 fully saturated rings. The molecule has 1 aliphatic heterocycles. The van der Waals surface area contributed by atoms with Crippen LogP contribution < -0.4 is 0 Å². The van der Waals surface area contributed by atoms with E-state index in [-0.39, 0.29) is 0 Å². The number of halogens is 1. The summed E-state index contributed by atoms with van der Waals surface area (Å²) in [4.78, 5) is 2.18. The highest BCUT2D eigenvalue weighted by Crippen LogP contribution is 2.34. The van der Waals surface area contributed by atoms with E-state index < -0.39 is 0 Å². The van der Waals surface area contributed by atoms with Crippen LogP contribution in [0, 0.1) is 0 Å². The topological polar surface area (TPSA) is 3.24 Å². The van der Waals surface area contributed by atoms with E-state index in [1.165, 1.54) is 3.81 Å². The molecular formula is C5H8BrNS. The lowest BCUT2D eigenvalue weighted by molar-refractivity contribution is 0.460. The molecule has 0 radical (unpaired) electrons. The van der Waals surface area contributed by atoms with Crippen molar-refractivity contribution < 1.29 is 0 Å². The molecule has 1 atom stereocenters. The van der Waals surface area contributed by atoms with Crippen molar-refractivity contribution in [1.82, 2.24) is 4.90 Å². The number of hydrogen-bond acceptors (Lipinski definition) is 2. The van der Waals surface area contributed by atoms with Gasteiger partial charge in [0, 0.05) is 13.2 Å². The van der Waals surface area contributed by atoms with Crippen LogP contribution in [0.1, 0.15) is 6.92 Å². The first-order chi connectivity index (χ1) is 3.70. The average Bonchev–Trinajstić information content (AvgIpc) is 1.85. The molecule has 0 amide bonds. The predicted octanol–water partition coefficient (Wildman–Crippen LogP) is 2.20. The van der Waals surface area contributed by atoms with Gasteiger partial charge in [-0.15, -0.1) is 0 Å². The number of thioether (sulfide) groups is 1. The third kappa shape index (κ3) is 1.20. The van der Waals surface area contributed by atoms with Gasteiger partial charge in [0.15, 0.2) is 0 Å². The van der Waals surface area contributed by atoms with E-state index in [0.29, 0.717) is 5.37 Å². The van der Waals surface area contributed by atoms with Crippen LogP contribution in [0.4, 0.5) is 0 Å². The third-order valence-corrected chi connectivity index (χ3v) is 2.93. The standard InChI is InChI=1S/C5H8BrNS/c1-4-7(2)3-5(6)8-4/h3-4H,1-2H3. The number of rotatable bonds is 0. The SMILES string of the molecule is CC1SC(Br)=CN1C. The van der Waals surface area contributed by atoms with Crippen molar-refractivity contribution in [3.63, 3.8) is 0 Å². The zero-order valence-corrected chi connectivity index (χ0v) is 7.29. The summed E-state index contributed by atoms with van der Waals surface area (Å²) < 4.78 is 1.23. The van der Waals surface area contributed by atoms with Crippen LogP contribution in [-0.4, -0.2) is 17.3 Å². The Morgan fingerprint density at radius 1 is 1.88 bits per heavy atom. The molecule has 0 aromatic rings. The minimum Gasteiger partial charge on any atom is -0.367 e.